The molecule has 19 heavy (non-hydrogen) atoms. The molecule has 0 aromatic rings. The van der Waals surface area contributed by atoms with Gasteiger partial charge in [-0.05, 0) is 12.3 Å². The number of aliphatic carboxylic acids is 1. The fourth-order valence-electron chi connectivity index (χ4n) is 2.87. The molecule has 2 heterocycles. The second-order valence-corrected chi connectivity index (χ2v) is 5.44. The lowest BCUT2D eigenvalue weighted by Gasteiger charge is -2.37. The van der Waals surface area contributed by atoms with Crippen molar-refractivity contribution in [3.05, 3.63) is 0 Å². The Morgan fingerprint density at radius 3 is 2.68 bits per heavy atom. The van der Waals surface area contributed by atoms with Gasteiger partial charge < -0.3 is 19.6 Å². The van der Waals surface area contributed by atoms with Crippen LogP contribution < -0.4 is 0 Å². The van der Waals surface area contributed by atoms with Crippen molar-refractivity contribution in [1.82, 2.24) is 9.80 Å². The van der Waals surface area contributed by atoms with Crippen LogP contribution in [0.3, 0.4) is 0 Å². The third-order valence-corrected chi connectivity index (χ3v) is 4.14. The molecule has 0 radical (unpaired) electrons. The van der Waals surface area contributed by atoms with E-state index in [2.05, 4.69) is 0 Å². The number of rotatable bonds is 2. The quantitative estimate of drug-likeness (QED) is 0.808. The number of carbonyl (C=O) groups excluding carboxylic acids is 1. The van der Waals surface area contributed by atoms with Crippen LogP contribution in [0.5, 0.6) is 0 Å². The van der Waals surface area contributed by atoms with E-state index in [0.717, 1.165) is 6.42 Å². The van der Waals surface area contributed by atoms with Crippen molar-refractivity contribution in [1.29, 1.82) is 0 Å². The monoisotopic (exact) mass is 270 g/mol. The van der Waals surface area contributed by atoms with Crippen molar-refractivity contribution in [3.8, 4) is 0 Å². The summed E-state index contributed by atoms with van der Waals surface area (Å²) in [5.41, 5.74) is 0. The van der Waals surface area contributed by atoms with Crippen LogP contribution in [0.1, 0.15) is 20.3 Å². The lowest BCUT2D eigenvalue weighted by atomic mass is 9.99. The van der Waals surface area contributed by atoms with Crippen LogP contribution in [0, 0.1) is 11.8 Å². The highest BCUT2D eigenvalue weighted by molar-refractivity contribution is 5.78. The Kier molecular flexibility index (Phi) is 4.29. The van der Waals surface area contributed by atoms with E-state index in [1.807, 2.05) is 18.7 Å². The number of ether oxygens (including phenoxy) is 1. The number of carbonyl (C=O) groups is 2. The number of hydrogen-bond donors (Lipinski definition) is 1. The summed E-state index contributed by atoms with van der Waals surface area (Å²) in [7, 11) is 0. The fourth-order valence-corrected chi connectivity index (χ4v) is 2.87. The van der Waals surface area contributed by atoms with Crippen LogP contribution in [-0.2, 0) is 9.53 Å². The highest BCUT2D eigenvalue weighted by Gasteiger charge is 2.39. The molecule has 0 spiro atoms. The van der Waals surface area contributed by atoms with Gasteiger partial charge in [0, 0.05) is 19.6 Å². The number of likely N-dealkylation sites (tertiary alicyclic amines) is 1. The van der Waals surface area contributed by atoms with E-state index in [1.165, 1.54) is 0 Å². The highest BCUT2D eigenvalue weighted by Crippen LogP contribution is 2.25. The van der Waals surface area contributed by atoms with E-state index in [1.54, 1.807) is 4.90 Å². The second-order valence-electron chi connectivity index (χ2n) is 5.44. The highest BCUT2D eigenvalue weighted by atomic mass is 16.5. The number of nitrogens with zero attached hydrogens (tertiary/aromatic N) is 2. The summed E-state index contributed by atoms with van der Waals surface area (Å²) in [5.74, 6) is -1.23. The summed E-state index contributed by atoms with van der Waals surface area (Å²) in [4.78, 5) is 27.1. The third-order valence-electron chi connectivity index (χ3n) is 4.14. The third kappa shape index (κ3) is 2.83. The molecule has 1 unspecified atom stereocenters. The summed E-state index contributed by atoms with van der Waals surface area (Å²) in [6.45, 7) is 6.52. The molecule has 3 atom stereocenters. The van der Waals surface area contributed by atoms with Crippen LogP contribution in [0.4, 0.5) is 4.79 Å². The average molecular weight is 270 g/mol. The normalized spacial score (nSPS) is 31.6. The van der Waals surface area contributed by atoms with Gasteiger partial charge in [0.1, 0.15) is 0 Å². The molecular formula is C13H22N2O4. The molecule has 0 saturated carbocycles. The minimum atomic E-state index is -0.809. The van der Waals surface area contributed by atoms with Gasteiger partial charge in [0.05, 0.1) is 25.2 Å². The Morgan fingerprint density at radius 2 is 2.11 bits per heavy atom. The van der Waals surface area contributed by atoms with Gasteiger partial charge in [-0.2, -0.15) is 0 Å². The maximum atomic E-state index is 12.5. The molecule has 2 aliphatic rings. The molecule has 108 valence electrons. The zero-order valence-electron chi connectivity index (χ0n) is 11.5. The van der Waals surface area contributed by atoms with Crippen LogP contribution in [-0.4, -0.2) is 65.8 Å². The minimum absolute atomic E-state index is 0.0163. The van der Waals surface area contributed by atoms with Gasteiger partial charge in [-0.15, -0.1) is 0 Å². The van der Waals surface area contributed by atoms with Crippen molar-refractivity contribution >= 4 is 12.0 Å². The fraction of sp³-hybridized carbons (Fsp3) is 0.846. The Labute approximate surface area is 113 Å². The van der Waals surface area contributed by atoms with Crippen LogP contribution in [0.25, 0.3) is 0 Å². The molecular weight excluding hydrogens is 248 g/mol. The summed E-state index contributed by atoms with van der Waals surface area (Å²) in [5, 5.41) is 9.12. The number of carboxylic acids is 1. The van der Waals surface area contributed by atoms with E-state index in [-0.39, 0.29) is 18.0 Å². The molecule has 0 aromatic carbocycles. The first-order valence-electron chi connectivity index (χ1n) is 6.90. The van der Waals surface area contributed by atoms with E-state index < -0.39 is 11.9 Å². The maximum absolute atomic E-state index is 12.5. The van der Waals surface area contributed by atoms with Gasteiger partial charge in [0.25, 0.3) is 0 Å². The van der Waals surface area contributed by atoms with Gasteiger partial charge in [0.2, 0.25) is 0 Å². The van der Waals surface area contributed by atoms with Gasteiger partial charge in [-0.25, -0.2) is 4.79 Å². The van der Waals surface area contributed by atoms with Crippen molar-refractivity contribution < 1.29 is 19.4 Å². The zero-order chi connectivity index (χ0) is 14.0. The van der Waals surface area contributed by atoms with Crippen LogP contribution >= 0.6 is 0 Å². The molecule has 2 rings (SSSR count). The van der Waals surface area contributed by atoms with E-state index in [9.17, 15) is 9.59 Å². The standard InChI is InChI=1S/C13H22N2O4/c1-3-10-8-19-5-4-15(10)13(18)14-6-9(2)11(7-14)12(16)17/h9-11H,3-8H2,1-2H3,(H,16,17)/t9-,10?,11-/m1/s1. The number of carboxylic acid groups (broad SMARTS) is 1. The number of hydrogen-bond acceptors (Lipinski definition) is 3. The zero-order valence-corrected chi connectivity index (χ0v) is 11.5. The van der Waals surface area contributed by atoms with E-state index >= 15 is 0 Å². The summed E-state index contributed by atoms with van der Waals surface area (Å²) < 4.78 is 5.39. The smallest absolute Gasteiger partial charge is 0.320 e. The second kappa shape index (κ2) is 5.77. The molecule has 1 N–H and O–H groups in total. The van der Waals surface area contributed by atoms with E-state index in [4.69, 9.17) is 9.84 Å². The van der Waals surface area contributed by atoms with Gasteiger partial charge in [-0.1, -0.05) is 13.8 Å². The first kappa shape index (κ1) is 14.1. The Balaban J connectivity index is 2.02. The minimum Gasteiger partial charge on any atom is -0.481 e. The number of urea groups is 1. The van der Waals surface area contributed by atoms with Crippen molar-refractivity contribution in [2.24, 2.45) is 11.8 Å². The van der Waals surface area contributed by atoms with Crippen LogP contribution in [0.2, 0.25) is 0 Å². The number of morpholine rings is 1. The molecule has 0 bridgehead atoms. The Morgan fingerprint density at radius 1 is 1.37 bits per heavy atom. The summed E-state index contributed by atoms with van der Waals surface area (Å²) >= 11 is 0. The van der Waals surface area contributed by atoms with Crippen LogP contribution in [0.15, 0.2) is 0 Å². The Hall–Kier alpha value is -1.30. The molecule has 0 aromatic heterocycles. The van der Waals surface area contributed by atoms with Gasteiger partial charge in [-0.3, -0.25) is 4.79 Å². The molecule has 2 aliphatic heterocycles. The molecule has 2 amide bonds. The molecule has 6 heteroatoms. The predicted octanol–water partition coefficient (Wildman–Crippen LogP) is 0.870. The molecule has 6 nitrogen and oxygen atoms in total. The first-order chi connectivity index (χ1) is 9.04. The Bertz CT molecular complexity index is 361. The van der Waals surface area contributed by atoms with Gasteiger partial charge >= 0.3 is 12.0 Å². The van der Waals surface area contributed by atoms with E-state index in [0.29, 0.717) is 32.8 Å². The largest absolute Gasteiger partial charge is 0.481 e. The SMILES string of the molecule is CCC1COCCN1C(=O)N1C[C@@H](C)[C@H](C(=O)O)C1. The van der Waals surface area contributed by atoms with Crippen molar-refractivity contribution in [2.75, 3.05) is 32.8 Å². The summed E-state index contributed by atoms with van der Waals surface area (Å²) in [6, 6.07) is 0.0752. The van der Waals surface area contributed by atoms with Crippen molar-refractivity contribution in [3.63, 3.8) is 0 Å². The topological polar surface area (TPSA) is 70.1 Å². The molecule has 2 saturated heterocycles. The lowest BCUT2D eigenvalue weighted by Crippen LogP contribution is -2.53. The van der Waals surface area contributed by atoms with Gasteiger partial charge in [0.15, 0.2) is 0 Å². The van der Waals surface area contributed by atoms with Crippen molar-refractivity contribution in [2.45, 2.75) is 26.3 Å². The maximum Gasteiger partial charge on any atom is 0.320 e. The lowest BCUT2D eigenvalue weighted by molar-refractivity contribution is -0.142. The summed E-state index contributed by atoms with van der Waals surface area (Å²) in [6.07, 6.45) is 0.859. The number of amides is 2. The first-order valence-corrected chi connectivity index (χ1v) is 6.90. The average Bonchev–Trinajstić information content (AvgIpc) is 2.80. The predicted molar refractivity (Wildman–Crippen MR) is 68.9 cm³/mol. The molecule has 0 aliphatic carbocycles. The molecule has 2 fully saturated rings.